The molecule has 5 N–H and O–H groups in total. The van der Waals surface area contributed by atoms with E-state index in [-0.39, 0.29) is 35.9 Å². The van der Waals surface area contributed by atoms with E-state index in [0.717, 1.165) is 27.1 Å². The minimum absolute atomic E-state index is 0.0864. The average Bonchev–Trinajstić information content (AvgIpc) is 2.89. The first kappa shape index (κ1) is 28.2. The quantitative estimate of drug-likeness (QED) is 0.346. The van der Waals surface area contributed by atoms with Crippen molar-refractivity contribution >= 4 is 29.3 Å². The van der Waals surface area contributed by atoms with Crippen LogP contribution in [0.3, 0.4) is 0 Å². The molecule has 3 rings (SSSR count). The Balaban J connectivity index is 0.000000312. The van der Waals surface area contributed by atoms with Gasteiger partial charge >= 0.3 is 17.9 Å². The molecule has 0 fully saturated rings. The van der Waals surface area contributed by atoms with E-state index in [0.29, 0.717) is 6.54 Å². The molecule has 196 valence electrons. The van der Waals surface area contributed by atoms with Crippen molar-refractivity contribution < 1.29 is 29.0 Å². The van der Waals surface area contributed by atoms with Crippen LogP contribution in [0.5, 0.6) is 0 Å². The van der Waals surface area contributed by atoms with E-state index in [1.54, 1.807) is 26.0 Å². The summed E-state index contributed by atoms with van der Waals surface area (Å²) in [5, 5.41) is 16.0. The minimum Gasteiger partial charge on any atom is -0.476 e. The normalized spacial score (nSPS) is 10.1. The first-order chi connectivity index (χ1) is 17.6. The summed E-state index contributed by atoms with van der Waals surface area (Å²) in [7, 11) is 0. The van der Waals surface area contributed by atoms with Gasteiger partial charge in [-0.15, -0.1) is 0 Å². The Hall–Kier alpha value is -5.01. The number of aromatic nitrogens is 4. The van der Waals surface area contributed by atoms with Gasteiger partial charge in [0.2, 0.25) is 0 Å². The van der Waals surface area contributed by atoms with Crippen molar-refractivity contribution in [1.82, 2.24) is 19.6 Å². The largest absolute Gasteiger partial charge is 0.476 e. The molecule has 3 aromatic rings. The molecule has 0 aliphatic heterocycles. The van der Waals surface area contributed by atoms with Gasteiger partial charge < -0.3 is 26.0 Å². The smallest absolute Gasteiger partial charge is 0.359 e. The van der Waals surface area contributed by atoms with Gasteiger partial charge in [0.05, 0.1) is 0 Å². The number of nitrogen functional groups attached to an aromatic ring is 2. The third-order valence-electron chi connectivity index (χ3n) is 4.60. The molecule has 0 aliphatic rings. The number of anilines is 2. The third kappa shape index (κ3) is 8.02. The van der Waals surface area contributed by atoms with Crippen LogP contribution < -0.4 is 22.6 Å². The molecule has 0 radical (unpaired) electrons. The number of nitrogens with two attached hydrogens (primary N) is 2. The van der Waals surface area contributed by atoms with E-state index in [1.165, 1.54) is 0 Å². The highest BCUT2D eigenvalue weighted by Gasteiger charge is 2.16. The molecule has 14 heteroatoms. The number of aromatic carboxylic acids is 1. The number of nitrogens with zero attached hydrogens (tertiary/aromatic N) is 4. The second kappa shape index (κ2) is 13.2. The zero-order valence-corrected chi connectivity index (χ0v) is 20.1. The molecule has 0 unspecified atom stereocenters. The van der Waals surface area contributed by atoms with Crippen LogP contribution in [0.1, 0.15) is 40.4 Å². The summed E-state index contributed by atoms with van der Waals surface area (Å²) in [6.07, 6.45) is 0. The molecule has 1 aromatic carbocycles. The fraction of sp³-hybridized carbons (Fsp3) is 0.261. The molecule has 0 amide bonds. The van der Waals surface area contributed by atoms with E-state index >= 15 is 0 Å². The van der Waals surface area contributed by atoms with E-state index in [1.807, 2.05) is 18.2 Å². The van der Waals surface area contributed by atoms with E-state index in [2.05, 4.69) is 10.2 Å². The van der Waals surface area contributed by atoms with E-state index in [9.17, 15) is 24.0 Å². The highest BCUT2D eigenvalue weighted by atomic mass is 16.6. The highest BCUT2D eigenvalue weighted by molar-refractivity contribution is 5.89. The van der Waals surface area contributed by atoms with Gasteiger partial charge in [-0.05, 0) is 19.4 Å². The molecule has 0 spiro atoms. The standard InChI is InChI=1S/C16H17N3O5.C7H9N3O3/c1-2-19-15(21)12(17)8-13(18-19)16(22)24-10-14(20)23-9-11-6-4-3-5-7-11;1-2-10-6(11)4(8)3-5(9-10)7(12)13/h3-8H,2,9-10,17H2,1H3;3H,2,8H2,1H3,(H,12,13). The van der Waals surface area contributed by atoms with Crippen molar-refractivity contribution in [2.45, 2.75) is 33.5 Å². The van der Waals surface area contributed by atoms with Gasteiger partial charge in [0.15, 0.2) is 18.0 Å². The lowest BCUT2D eigenvalue weighted by molar-refractivity contribution is -0.148. The van der Waals surface area contributed by atoms with Crippen LogP contribution in [0.2, 0.25) is 0 Å². The molecule has 2 heterocycles. The predicted octanol–water partition coefficient (Wildman–Crippen LogP) is 0.289. The first-order valence-electron chi connectivity index (χ1n) is 10.9. The van der Waals surface area contributed by atoms with Crippen LogP contribution in [-0.4, -0.2) is 49.2 Å². The van der Waals surface area contributed by atoms with E-state index < -0.39 is 35.6 Å². The Bertz CT molecular complexity index is 1380. The van der Waals surface area contributed by atoms with Gasteiger partial charge in [0.1, 0.15) is 18.0 Å². The van der Waals surface area contributed by atoms with Crippen molar-refractivity contribution in [2.24, 2.45) is 0 Å². The van der Waals surface area contributed by atoms with Gasteiger partial charge in [-0.3, -0.25) is 9.59 Å². The number of carbonyl (C=O) groups is 3. The molecule has 0 saturated carbocycles. The third-order valence-corrected chi connectivity index (χ3v) is 4.60. The number of hydrogen-bond donors (Lipinski definition) is 3. The van der Waals surface area contributed by atoms with Crippen LogP contribution in [-0.2, 0) is 34.0 Å². The Morgan fingerprint density at radius 1 is 0.865 bits per heavy atom. The summed E-state index contributed by atoms with van der Waals surface area (Å²) in [4.78, 5) is 56.8. The first-order valence-corrected chi connectivity index (χ1v) is 10.9. The zero-order chi connectivity index (χ0) is 27.5. The van der Waals surface area contributed by atoms with Crippen molar-refractivity contribution in [3.63, 3.8) is 0 Å². The van der Waals surface area contributed by atoms with Gasteiger partial charge in [-0.1, -0.05) is 30.3 Å². The lowest BCUT2D eigenvalue weighted by Gasteiger charge is -2.08. The maximum absolute atomic E-state index is 11.9. The number of aryl methyl sites for hydroxylation is 2. The van der Waals surface area contributed by atoms with E-state index in [4.69, 9.17) is 26.0 Å². The summed E-state index contributed by atoms with van der Waals surface area (Å²) < 4.78 is 11.9. The van der Waals surface area contributed by atoms with Crippen LogP contribution >= 0.6 is 0 Å². The number of benzene rings is 1. The summed E-state index contributed by atoms with van der Waals surface area (Å²) in [5.41, 5.74) is 10.1. The van der Waals surface area contributed by atoms with Crippen LogP contribution in [0.25, 0.3) is 0 Å². The Labute approximate surface area is 210 Å². The average molecular weight is 514 g/mol. The predicted molar refractivity (Wildman–Crippen MR) is 131 cm³/mol. The van der Waals surface area contributed by atoms with Crippen LogP contribution in [0.4, 0.5) is 11.4 Å². The molecule has 0 aliphatic carbocycles. The summed E-state index contributed by atoms with van der Waals surface area (Å²) in [6.45, 7) is 3.44. The van der Waals surface area contributed by atoms with Crippen molar-refractivity contribution in [1.29, 1.82) is 0 Å². The molecule has 14 nitrogen and oxygen atoms in total. The van der Waals surface area contributed by atoms with Crippen LogP contribution in [0, 0.1) is 0 Å². The number of carboxylic acids is 1. The summed E-state index contributed by atoms with van der Waals surface area (Å²) in [6, 6.07) is 11.3. The lowest BCUT2D eigenvalue weighted by Crippen LogP contribution is -2.28. The van der Waals surface area contributed by atoms with Crippen molar-refractivity contribution in [3.8, 4) is 0 Å². The SMILES string of the molecule is CCn1nc(C(=O)O)cc(N)c1=O.CCn1nc(C(=O)OCC(=O)OCc2ccccc2)cc(N)c1=O. The summed E-state index contributed by atoms with van der Waals surface area (Å²) in [5.74, 6) is -2.75. The molecule has 0 saturated heterocycles. The maximum Gasteiger partial charge on any atom is 0.359 e. The number of carboxylic acid groups (broad SMARTS) is 1. The molecule has 0 bridgehead atoms. The fourth-order valence-corrected chi connectivity index (χ4v) is 2.74. The second-order valence-electron chi connectivity index (χ2n) is 7.24. The number of ether oxygens (including phenoxy) is 2. The monoisotopic (exact) mass is 514 g/mol. The summed E-state index contributed by atoms with van der Waals surface area (Å²) >= 11 is 0. The number of rotatable bonds is 8. The Morgan fingerprint density at radius 2 is 1.38 bits per heavy atom. The number of hydrogen-bond acceptors (Lipinski definition) is 11. The number of carbonyl (C=O) groups excluding carboxylic acids is 2. The Kier molecular flexibility index (Phi) is 10.1. The molecule has 0 atom stereocenters. The second-order valence-corrected chi connectivity index (χ2v) is 7.24. The topological polar surface area (TPSA) is 212 Å². The lowest BCUT2D eigenvalue weighted by atomic mass is 10.2. The van der Waals surface area contributed by atoms with Gasteiger partial charge in [0, 0.05) is 25.2 Å². The van der Waals surface area contributed by atoms with Crippen molar-refractivity contribution in [2.75, 3.05) is 18.1 Å². The van der Waals surface area contributed by atoms with Crippen LogP contribution in [0.15, 0.2) is 52.1 Å². The van der Waals surface area contributed by atoms with Gasteiger partial charge in [-0.2, -0.15) is 10.2 Å². The molecule has 2 aromatic heterocycles. The van der Waals surface area contributed by atoms with Crippen molar-refractivity contribution in [3.05, 3.63) is 80.1 Å². The molecular weight excluding hydrogens is 488 g/mol. The molecule has 37 heavy (non-hydrogen) atoms. The molecular formula is C23H26N6O8. The van der Waals surface area contributed by atoms with Gasteiger partial charge in [0.25, 0.3) is 11.1 Å². The highest BCUT2D eigenvalue weighted by Crippen LogP contribution is 2.03. The van der Waals surface area contributed by atoms with Gasteiger partial charge in [-0.25, -0.2) is 23.7 Å². The minimum atomic E-state index is -1.20. The zero-order valence-electron chi connectivity index (χ0n) is 20.1. The maximum atomic E-state index is 11.9. The Morgan fingerprint density at radius 3 is 1.89 bits per heavy atom. The number of esters is 2. The fourth-order valence-electron chi connectivity index (χ4n) is 2.74.